The number of pyridine rings is 1. The molecular formula is C32H38N6O2. The molecule has 0 unspecified atom stereocenters. The van der Waals surface area contributed by atoms with Crippen LogP contribution >= 0.6 is 0 Å². The van der Waals surface area contributed by atoms with Gasteiger partial charge in [0.1, 0.15) is 11.4 Å². The summed E-state index contributed by atoms with van der Waals surface area (Å²) in [4.78, 5) is 22.9. The normalized spacial score (nSPS) is 20.0. The van der Waals surface area contributed by atoms with Crippen LogP contribution in [0.5, 0.6) is 5.75 Å². The van der Waals surface area contributed by atoms with Crippen LogP contribution in [-0.4, -0.2) is 79.7 Å². The van der Waals surface area contributed by atoms with Crippen molar-refractivity contribution in [3.05, 3.63) is 66.4 Å². The molecule has 0 radical (unpaired) electrons. The third kappa shape index (κ3) is 6.27. The number of piperazine rings is 1. The number of carbonyl (C=O) groups is 1. The Morgan fingerprint density at radius 2 is 1.85 bits per heavy atom. The molecule has 1 amide bonds. The highest BCUT2D eigenvalue weighted by molar-refractivity contribution is 5.99. The van der Waals surface area contributed by atoms with Crippen molar-refractivity contribution < 1.29 is 9.53 Å². The number of hydrogen-bond acceptors (Lipinski definition) is 7. The summed E-state index contributed by atoms with van der Waals surface area (Å²) in [6, 6.07) is 18.5. The lowest BCUT2D eigenvalue weighted by Crippen LogP contribution is -2.51. The van der Waals surface area contributed by atoms with Crippen LogP contribution in [0.1, 0.15) is 36.2 Å². The number of methoxy groups -OCH3 is 1. The molecule has 40 heavy (non-hydrogen) atoms. The molecule has 2 N–H and O–H groups in total. The van der Waals surface area contributed by atoms with E-state index in [1.54, 1.807) is 13.2 Å². The molecule has 0 bridgehead atoms. The van der Waals surface area contributed by atoms with Crippen LogP contribution in [0.4, 0.5) is 5.69 Å². The number of likely N-dealkylation sites (N-methyl/N-ethyl adjacent to an activating group) is 1. The van der Waals surface area contributed by atoms with Gasteiger partial charge in [-0.2, -0.15) is 5.26 Å². The Morgan fingerprint density at radius 3 is 2.58 bits per heavy atom. The van der Waals surface area contributed by atoms with E-state index < -0.39 is 0 Å². The van der Waals surface area contributed by atoms with E-state index in [0.717, 1.165) is 79.6 Å². The number of rotatable bonds is 8. The van der Waals surface area contributed by atoms with Gasteiger partial charge in [-0.1, -0.05) is 30.8 Å². The maximum atomic E-state index is 13.2. The standard InChI is InChI=1S/C32H38N6O2/c1-22(20-33)21-34-31-27-19-24(8-7-23(27)9-14-30(31)40-3)28-5-4-6-29(36-28)32(39)35-25-10-12-26(13-11-25)38-17-15-37(2)16-18-38/h4-9,14,19,25-26,34H,1,10-13,15-18,21H2,2-3H3,(H,35,39)/t25-,26-. The van der Waals surface area contributed by atoms with Gasteiger partial charge in [0.2, 0.25) is 0 Å². The Labute approximate surface area is 236 Å². The summed E-state index contributed by atoms with van der Waals surface area (Å²) < 4.78 is 5.58. The van der Waals surface area contributed by atoms with Gasteiger partial charge in [0, 0.05) is 61.3 Å². The minimum absolute atomic E-state index is 0.121. The molecule has 1 saturated carbocycles. The molecule has 1 aliphatic heterocycles. The average molecular weight is 539 g/mol. The number of nitriles is 1. The second-order valence-electron chi connectivity index (χ2n) is 10.9. The second-order valence-corrected chi connectivity index (χ2v) is 10.9. The first kappa shape index (κ1) is 27.6. The quantitative estimate of drug-likeness (QED) is 0.402. The molecule has 5 rings (SSSR count). The first-order chi connectivity index (χ1) is 19.4. The molecule has 0 spiro atoms. The van der Waals surface area contributed by atoms with E-state index in [1.807, 2.05) is 42.5 Å². The van der Waals surface area contributed by atoms with Crippen molar-refractivity contribution in [2.75, 3.05) is 52.2 Å². The lowest BCUT2D eigenvalue weighted by Gasteiger charge is -2.41. The molecule has 1 aliphatic carbocycles. The topological polar surface area (TPSA) is 93.5 Å². The number of nitrogens with one attached hydrogen (secondary N) is 2. The van der Waals surface area contributed by atoms with Crippen molar-refractivity contribution in [2.45, 2.75) is 37.8 Å². The fraction of sp³-hybridized carbons (Fsp3) is 0.406. The van der Waals surface area contributed by atoms with Crippen LogP contribution in [0.25, 0.3) is 22.0 Å². The van der Waals surface area contributed by atoms with E-state index in [9.17, 15) is 4.79 Å². The zero-order valence-corrected chi connectivity index (χ0v) is 23.4. The second kappa shape index (κ2) is 12.5. The maximum absolute atomic E-state index is 13.2. The molecule has 208 valence electrons. The van der Waals surface area contributed by atoms with Gasteiger partial charge in [0.15, 0.2) is 0 Å². The van der Waals surface area contributed by atoms with Gasteiger partial charge in [0.25, 0.3) is 5.91 Å². The number of fused-ring (bicyclic) bond motifs is 1. The van der Waals surface area contributed by atoms with Crippen molar-refractivity contribution in [3.63, 3.8) is 0 Å². The van der Waals surface area contributed by atoms with Crippen LogP contribution in [0.15, 0.2) is 60.7 Å². The highest BCUT2D eigenvalue weighted by Crippen LogP contribution is 2.35. The molecular weight excluding hydrogens is 500 g/mol. The summed E-state index contributed by atoms with van der Waals surface area (Å²) in [6.45, 7) is 8.65. The van der Waals surface area contributed by atoms with Gasteiger partial charge in [0.05, 0.1) is 24.6 Å². The predicted octanol–water partition coefficient (Wildman–Crippen LogP) is 4.69. The number of aromatic nitrogens is 1. The fourth-order valence-corrected chi connectivity index (χ4v) is 5.80. The van der Waals surface area contributed by atoms with Gasteiger partial charge in [-0.05, 0) is 62.4 Å². The molecule has 2 aliphatic rings. The van der Waals surface area contributed by atoms with Crippen LogP contribution in [0.3, 0.4) is 0 Å². The van der Waals surface area contributed by atoms with Crippen LogP contribution in [-0.2, 0) is 0 Å². The average Bonchev–Trinajstić information content (AvgIpc) is 3.00. The number of nitrogens with zero attached hydrogens (tertiary/aromatic N) is 4. The summed E-state index contributed by atoms with van der Waals surface area (Å²) in [6.07, 6.45) is 4.26. The van der Waals surface area contributed by atoms with Gasteiger partial charge in [-0.3, -0.25) is 9.69 Å². The van der Waals surface area contributed by atoms with E-state index in [1.165, 1.54) is 0 Å². The third-order valence-electron chi connectivity index (χ3n) is 8.20. The van der Waals surface area contributed by atoms with E-state index in [-0.39, 0.29) is 11.9 Å². The van der Waals surface area contributed by atoms with Gasteiger partial charge < -0.3 is 20.3 Å². The first-order valence-corrected chi connectivity index (χ1v) is 14.1. The molecule has 1 saturated heterocycles. The predicted molar refractivity (Wildman–Crippen MR) is 160 cm³/mol. The summed E-state index contributed by atoms with van der Waals surface area (Å²) in [5.41, 5.74) is 3.27. The number of benzene rings is 2. The Kier molecular flexibility index (Phi) is 8.63. The van der Waals surface area contributed by atoms with E-state index in [2.05, 4.69) is 40.1 Å². The van der Waals surface area contributed by atoms with Gasteiger partial charge >= 0.3 is 0 Å². The Morgan fingerprint density at radius 1 is 1.10 bits per heavy atom. The van der Waals surface area contributed by atoms with Crippen molar-refractivity contribution in [3.8, 4) is 23.1 Å². The van der Waals surface area contributed by atoms with Crippen molar-refractivity contribution >= 4 is 22.4 Å². The third-order valence-corrected chi connectivity index (χ3v) is 8.20. The summed E-state index contributed by atoms with van der Waals surface area (Å²) in [7, 11) is 3.81. The molecule has 2 heterocycles. The molecule has 8 heteroatoms. The smallest absolute Gasteiger partial charge is 0.270 e. The first-order valence-electron chi connectivity index (χ1n) is 14.1. The van der Waals surface area contributed by atoms with Crippen molar-refractivity contribution in [1.29, 1.82) is 5.26 Å². The number of anilines is 1. The highest BCUT2D eigenvalue weighted by Gasteiger charge is 2.28. The monoisotopic (exact) mass is 538 g/mol. The summed E-state index contributed by atoms with van der Waals surface area (Å²) >= 11 is 0. The lowest BCUT2D eigenvalue weighted by atomic mass is 9.89. The van der Waals surface area contributed by atoms with Crippen molar-refractivity contribution in [1.82, 2.24) is 20.1 Å². The molecule has 2 aromatic carbocycles. The molecule has 2 fully saturated rings. The Bertz CT molecular complexity index is 1410. The van der Waals surface area contributed by atoms with E-state index >= 15 is 0 Å². The number of hydrogen-bond donors (Lipinski definition) is 2. The summed E-state index contributed by atoms with van der Waals surface area (Å²) in [5, 5.41) is 17.6. The van der Waals surface area contributed by atoms with Crippen LogP contribution in [0.2, 0.25) is 0 Å². The Balaban J connectivity index is 1.28. The highest BCUT2D eigenvalue weighted by atomic mass is 16.5. The SMILES string of the molecule is C=C(C#N)CNc1c(OC)ccc2ccc(-c3cccc(C(=O)N[C@H]4CC[C@H](N5CCN(C)CC5)CC4)n3)cc12. The zero-order valence-electron chi connectivity index (χ0n) is 23.4. The van der Waals surface area contributed by atoms with Crippen LogP contribution in [0, 0.1) is 11.3 Å². The summed E-state index contributed by atoms with van der Waals surface area (Å²) in [5.74, 6) is 0.559. The van der Waals surface area contributed by atoms with E-state index in [0.29, 0.717) is 29.6 Å². The van der Waals surface area contributed by atoms with Gasteiger partial charge in [-0.15, -0.1) is 0 Å². The number of carbonyl (C=O) groups excluding carboxylic acids is 1. The molecule has 3 aromatic rings. The van der Waals surface area contributed by atoms with E-state index in [4.69, 9.17) is 15.0 Å². The lowest BCUT2D eigenvalue weighted by molar-refractivity contribution is 0.0788. The molecule has 1 aromatic heterocycles. The Hall–Kier alpha value is -3.93. The minimum Gasteiger partial charge on any atom is -0.495 e. The largest absolute Gasteiger partial charge is 0.495 e. The maximum Gasteiger partial charge on any atom is 0.270 e. The molecule has 0 atom stereocenters. The fourth-order valence-electron chi connectivity index (χ4n) is 5.80. The van der Waals surface area contributed by atoms with Crippen LogP contribution < -0.4 is 15.4 Å². The number of ether oxygens (including phenoxy) is 1. The minimum atomic E-state index is -0.121. The molecule has 8 nitrogen and oxygen atoms in total. The van der Waals surface area contributed by atoms with Gasteiger partial charge in [-0.25, -0.2) is 4.98 Å². The van der Waals surface area contributed by atoms with Crippen molar-refractivity contribution in [2.24, 2.45) is 0 Å². The number of amides is 1. The zero-order chi connectivity index (χ0) is 28.1.